The van der Waals surface area contributed by atoms with Crippen LogP contribution in [0.15, 0.2) is 41.1 Å². The van der Waals surface area contributed by atoms with Crippen molar-refractivity contribution in [1.82, 2.24) is 10.3 Å². The Morgan fingerprint density at radius 1 is 1.35 bits per heavy atom. The lowest BCUT2D eigenvalue weighted by Gasteiger charge is -2.32. The molecule has 1 aliphatic rings. The Labute approximate surface area is 158 Å². The third kappa shape index (κ3) is 5.47. The summed E-state index contributed by atoms with van der Waals surface area (Å²) in [4.78, 5) is 18.8. The van der Waals surface area contributed by atoms with Crippen LogP contribution in [0.2, 0.25) is 5.02 Å². The first kappa shape index (κ1) is 18.7. The number of hydrogen-bond acceptors (Lipinski definition) is 5. The summed E-state index contributed by atoms with van der Waals surface area (Å²) in [6.07, 6.45) is 5.76. The molecule has 3 heterocycles. The van der Waals surface area contributed by atoms with Crippen LogP contribution in [0.3, 0.4) is 0 Å². The molecule has 0 aromatic carbocycles. The van der Waals surface area contributed by atoms with Gasteiger partial charge in [0.05, 0.1) is 11.3 Å². The van der Waals surface area contributed by atoms with Crippen molar-refractivity contribution >= 4 is 23.3 Å². The summed E-state index contributed by atoms with van der Waals surface area (Å²) in [5, 5.41) is 3.65. The highest BCUT2D eigenvalue weighted by Gasteiger charge is 2.25. The van der Waals surface area contributed by atoms with Gasteiger partial charge in [-0.1, -0.05) is 11.6 Å². The molecule has 0 atom stereocenters. The minimum atomic E-state index is 0.0718. The number of anilines is 1. The van der Waals surface area contributed by atoms with Crippen LogP contribution in [0.1, 0.15) is 25.0 Å². The van der Waals surface area contributed by atoms with Crippen LogP contribution in [0.25, 0.3) is 0 Å². The number of amides is 1. The predicted molar refractivity (Wildman–Crippen MR) is 100 cm³/mol. The van der Waals surface area contributed by atoms with Crippen LogP contribution >= 0.6 is 11.6 Å². The standard InChI is InChI=1S/C19H24ClN3O3/c20-16-4-5-18(22-13-16)23-9-6-15(7-10-23)19(24)21-8-2-11-25-14-17-3-1-12-26-17/h1,3-5,12-13,15H,2,6-11,14H2,(H,21,24). The second-order valence-corrected chi connectivity index (χ2v) is 6.81. The fraction of sp³-hybridized carbons (Fsp3) is 0.474. The van der Waals surface area contributed by atoms with Crippen LogP contribution in [-0.4, -0.2) is 37.1 Å². The number of piperidine rings is 1. The molecule has 1 saturated heterocycles. The third-order valence-electron chi connectivity index (χ3n) is 4.49. The fourth-order valence-corrected chi connectivity index (χ4v) is 3.14. The zero-order chi connectivity index (χ0) is 18.2. The summed E-state index contributed by atoms with van der Waals surface area (Å²) in [7, 11) is 0. The molecule has 1 fully saturated rings. The molecule has 1 N–H and O–H groups in total. The summed E-state index contributed by atoms with van der Waals surface area (Å²) < 4.78 is 10.7. The predicted octanol–water partition coefficient (Wildman–Crippen LogP) is 3.27. The number of aromatic nitrogens is 1. The maximum atomic E-state index is 12.3. The normalized spacial score (nSPS) is 15.2. The van der Waals surface area contributed by atoms with Gasteiger partial charge in [-0.25, -0.2) is 4.98 Å². The summed E-state index contributed by atoms with van der Waals surface area (Å²) in [6, 6.07) is 7.49. The van der Waals surface area contributed by atoms with E-state index in [2.05, 4.69) is 15.2 Å². The molecule has 140 valence electrons. The van der Waals surface area contributed by atoms with Crippen LogP contribution < -0.4 is 10.2 Å². The Hall–Kier alpha value is -2.05. The van der Waals surface area contributed by atoms with Crippen LogP contribution in [-0.2, 0) is 16.1 Å². The number of pyridine rings is 1. The van der Waals surface area contributed by atoms with E-state index in [1.807, 2.05) is 24.3 Å². The van der Waals surface area contributed by atoms with Gasteiger partial charge in [-0.3, -0.25) is 4.79 Å². The van der Waals surface area contributed by atoms with Crippen LogP contribution in [0.4, 0.5) is 5.82 Å². The summed E-state index contributed by atoms with van der Waals surface area (Å²) in [6.45, 7) is 3.37. The third-order valence-corrected chi connectivity index (χ3v) is 4.71. The maximum absolute atomic E-state index is 12.3. The van der Waals surface area contributed by atoms with Crippen molar-refractivity contribution in [3.8, 4) is 0 Å². The van der Waals surface area contributed by atoms with E-state index in [-0.39, 0.29) is 11.8 Å². The molecule has 2 aromatic heterocycles. The Morgan fingerprint density at radius 2 is 2.19 bits per heavy atom. The number of hydrogen-bond donors (Lipinski definition) is 1. The molecule has 6 nitrogen and oxygen atoms in total. The van der Waals surface area contributed by atoms with Gasteiger partial charge in [-0.05, 0) is 43.5 Å². The van der Waals surface area contributed by atoms with Gasteiger partial charge >= 0.3 is 0 Å². The van der Waals surface area contributed by atoms with Crippen molar-refractivity contribution in [3.63, 3.8) is 0 Å². The zero-order valence-electron chi connectivity index (χ0n) is 14.7. The van der Waals surface area contributed by atoms with Gasteiger partial charge in [0.2, 0.25) is 5.91 Å². The van der Waals surface area contributed by atoms with Gasteiger partial charge in [0, 0.05) is 38.4 Å². The van der Waals surface area contributed by atoms with Crippen molar-refractivity contribution in [1.29, 1.82) is 0 Å². The summed E-state index contributed by atoms with van der Waals surface area (Å²) in [5.41, 5.74) is 0. The molecule has 0 radical (unpaired) electrons. The van der Waals surface area contributed by atoms with Gasteiger partial charge < -0.3 is 19.4 Å². The van der Waals surface area contributed by atoms with Crippen LogP contribution in [0.5, 0.6) is 0 Å². The number of nitrogens with one attached hydrogen (secondary N) is 1. The number of furan rings is 1. The first-order valence-corrected chi connectivity index (χ1v) is 9.34. The first-order chi connectivity index (χ1) is 12.7. The molecule has 0 spiro atoms. The molecule has 7 heteroatoms. The number of rotatable bonds is 8. The number of carbonyl (C=O) groups is 1. The van der Waals surface area contributed by atoms with E-state index < -0.39 is 0 Å². The largest absolute Gasteiger partial charge is 0.467 e. The average molecular weight is 378 g/mol. The van der Waals surface area contributed by atoms with E-state index in [1.54, 1.807) is 12.5 Å². The molecule has 0 saturated carbocycles. The topological polar surface area (TPSA) is 67.6 Å². The van der Waals surface area contributed by atoms with Gasteiger partial charge in [-0.2, -0.15) is 0 Å². The molecule has 1 aliphatic heterocycles. The van der Waals surface area contributed by atoms with Gasteiger partial charge in [-0.15, -0.1) is 0 Å². The molecule has 0 unspecified atom stereocenters. The first-order valence-electron chi connectivity index (χ1n) is 8.97. The Bertz CT molecular complexity index is 668. The Balaban J connectivity index is 1.29. The highest BCUT2D eigenvalue weighted by atomic mass is 35.5. The summed E-state index contributed by atoms with van der Waals surface area (Å²) >= 11 is 5.87. The molecule has 2 aromatic rings. The lowest BCUT2D eigenvalue weighted by Crippen LogP contribution is -2.41. The quantitative estimate of drug-likeness (QED) is 0.715. The maximum Gasteiger partial charge on any atom is 0.223 e. The molecular weight excluding hydrogens is 354 g/mol. The van der Waals surface area contributed by atoms with Crippen molar-refractivity contribution in [2.75, 3.05) is 31.1 Å². The molecule has 0 aliphatic carbocycles. The Morgan fingerprint density at radius 3 is 2.88 bits per heavy atom. The highest BCUT2D eigenvalue weighted by Crippen LogP contribution is 2.22. The lowest BCUT2D eigenvalue weighted by atomic mass is 9.96. The monoisotopic (exact) mass is 377 g/mol. The van der Waals surface area contributed by atoms with Crippen LogP contribution in [0, 0.1) is 5.92 Å². The molecule has 3 rings (SSSR count). The molecule has 0 bridgehead atoms. The minimum absolute atomic E-state index is 0.0718. The average Bonchev–Trinajstić information content (AvgIpc) is 3.19. The van der Waals surface area contributed by atoms with E-state index in [9.17, 15) is 4.79 Å². The van der Waals surface area contributed by atoms with E-state index in [0.717, 1.165) is 43.9 Å². The van der Waals surface area contributed by atoms with Gasteiger partial charge in [0.15, 0.2) is 0 Å². The smallest absolute Gasteiger partial charge is 0.223 e. The fourth-order valence-electron chi connectivity index (χ4n) is 3.02. The minimum Gasteiger partial charge on any atom is -0.467 e. The highest BCUT2D eigenvalue weighted by molar-refractivity contribution is 6.30. The SMILES string of the molecule is O=C(NCCCOCc1ccco1)C1CCN(c2ccc(Cl)cn2)CC1. The number of ether oxygens (including phenoxy) is 1. The van der Waals surface area contributed by atoms with Crippen molar-refractivity contribution in [3.05, 3.63) is 47.5 Å². The zero-order valence-corrected chi connectivity index (χ0v) is 15.5. The van der Waals surface area contributed by atoms with Gasteiger partial charge in [0.25, 0.3) is 0 Å². The van der Waals surface area contributed by atoms with Crippen molar-refractivity contribution in [2.24, 2.45) is 5.92 Å². The lowest BCUT2D eigenvalue weighted by molar-refractivity contribution is -0.125. The van der Waals surface area contributed by atoms with E-state index in [0.29, 0.717) is 24.8 Å². The Kier molecular flexibility index (Phi) is 6.91. The second kappa shape index (κ2) is 9.59. The number of nitrogens with zero attached hydrogens (tertiary/aromatic N) is 2. The number of halogens is 1. The van der Waals surface area contributed by atoms with E-state index in [1.165, 1.54) is 0 Å². The molecule has 26 heavy (non-hydrogen) atoms. The van der Waals surface area contributed by atoms with E-state index >= 15 is 0 Å². The van der Waals surface area contributed by atoms with Gasteiger partial charge in [0.1, 0.15) is 18.2 Å². The number of carbonyl (C=O) groups excluding carboxylic acids is 1. The molecule has 1 amide bonds. The summed E-state index contributed by atoms with van der Waals surface area (Å²) in [5.74, 6) is 1.94. The molecular formula is C19H24ClN3O3. The van der Waals surface area contributed by atoms with Crippen molar-refractivity contribution < 1.29 is 13.9 Å². The van der Waals surface area contributed by atoms with Crippen molar-refractivity contribution in [2.45, 2.75) is 25.9 Å². The van der Waals surface area contributed by atoms with E-state index in [4.69, 9.17) is 20.8 Å². The second-order valence-electron chi connectivity index (χ2n) is 6.37.